The molecule has 0 radical (unpaired) electrons. The Morgan fingerprint density at radius 1 is 1.22 bits per heavy atom. The maximum absolute atomic E-state index is 10.2. The van der Waals surface area contributed by atoms with Gasteiger partial charge in [-0.05, 0) is 43.1 Å². The molecule has 2 rings (SSSR count). The summed E-state index contributed by atoms with van der Waals surface area (Å²) in [5, 5.41) is 10.2. The van der Waals surface area contributed by atoms with Crippen molar-refractivity contribution >= 4 is 0 Å². The van der Waals surface area contributed by atoms with Crippen LogP contribution in [0.2, 0.25) is 0 Å². The molecule has 0 aliphatic rings. The third-order valence-corrected chi connectivity index (χ3v) is 3.80. The third-order valence-electron chi connectivity index (χ3n) is 3.80. The number of aliphatic hydroxyl groups is 1. The number of benzene rings is 1. The van der Waals surface area contributed by atoms with Gasteiger partial charge in [-0.1, -0.05) is 31.2 Å². The number of aryl methyl sites for hydroxylation is 1. The largest absolute Gasteiger partial charge is 0.467 e. The highest BCUT2D eigenvalue weighted by molar-refractivity contribution is 5.25. The zero-order valence-corrected chi connectivity index (χ0v) is 14.1. The smallest absolute Gasteiger partial charge is 0.129 e. The van der Waals surface area contributed by atoms with E-state index in [9.17, 15) is 5.11 Å². The van der Waals surface area contributed by atoms with Crippen LogP contribution in [-0.4, -0.2) is 35.8 Å². The van der Waals surface area contributed by atoms with Gasteiger partial charge in [0, 0.05) is 13.1 Å². The first-order valence-electron chi connectivity index (χ1n) is 8.24. The lowest BCUT2D eigenvalue weighted by Gasteiger charge is -2.25. The Bertz CT molecular complexity index is 554. The molecule has 4 heteroatoms. The second-order valence-electron chi connectivity index (χ2n) is 5.91. The molecule has 2 aromatic rings. The van der Waals surface area contributed by atoms with Crippen LogP contribution < -0.4 is 0 Å². The number of rotatable bonds is 10. The zero-order chi connectivity index (χ0) is 16.5. The van der Waals surface area contributed by atoms with Gasteiger partial charge in [0.1, 0.15) is 12.4 Å². The molecule has 1 aromatic carbocycles. The highest BCUT2D eigenvalue weighted by atomic mass is 16.5. The monoisotopic (exact) mass is 317 g/mol. The van der Waals surface area contributed by atoms with Crippen molar-refractivity contribution in [2.45, 2.75) is 39.5 Å². The van der Waals surface area contributed by atoms with Gasteiger partial charge in [-0.2, -0.15) is 0 Å². The average Bonchev–Trinajstić information content (AvgIpc) is 3.03. The van der Waals surface area contributed by atoms with Gasteiger partial charge in [0.05, 0.1) is 19.0 Å². The molecule has 4 nitrogen and oxygen atoms in total. The van der Waals surface area contributed by atoms with E-state index in [-0.39, 0.29) is 0 Å². The lowest BCUT2D eigenvalue weighted by Crippen LogP contribution is -2.35. The predicted molar refractivity (Wildman–Crippen MR) is 91.1 cm³/mol. The average molecular weight is 317 g/mol. The van der Waals surface area contributed by atoms with Gasteiger partial charge < -0.3 is 14.3 Å². The van der Waals surface area contributed by atoms with Crippen LogP contribution in [0.4, 0.5) is 0 Å². The fraction of sp³-hybridized carbons (Fsp3) is 0.474. The Hall–Kier alpha value is -1.62. The van der Waals surface area contributed by atoms with E-state index in [1.807, 2.05) is 12.1 Å². The van der Waals surface area contributed by atoms with Crippen molar-refractivity contribution in [2.75, 3.05) is 19.7 Å². The van der Waals surface area contributed by atoms with Crippen molar-refractivity contribution in [1.82, 2.24) is 4.90 Å². The summed E-state index contributed by atoms with van der Waals surface area (Å²) in [6.07, 6.45) is 2.19. The van der Waals surface area contributed by atoms with Crippen molar-refractivity contribution in [1.29, 1.82) is 0 Å². The molecule has 1 atom stereocenters. The van der Waals surface area contributed by atoms with Gasteiger partial charge in [0.15, 0.2) is 0 Å². The number of ether oxygens (including phenoxy) is 1. The maximum Gasteiger partial charge on any atom is 0.129 e. The normalized spacial score (nSPS) is 12.7. The Labute approximate surface area is 138 Å². The van der Waals surface area contributed by atoms with Crippen LogP contribution in [0.3, 0.4) is 0 Å². The van der Waals surface area contributed by atoms with E-state index in [2.05, 4.69) is 43.0 Å². The van der Waals surface area contributed by atoms with Gasteiger partial charge in [-0.3, -0.25) is 4.90 Å². The molecule has 1 heterocycles. The molecule has 0 unspecified atom stereocenters. The maximum atomic E-state index is 10.2. The highest BCUT2D eigenvalue weighted by Crippen LogP contribution is 2.11. The van der Waals surface area contributed by atoms with Crippen molar-refractivity contribution < 1.29 is 14.3 Å². The molecule has 0 aliphatic carbocycles. The molecule has 1 aromatic heterocycles. The van der Waals surface area contributed by atoms with E-state index in [1.54, 1.807) is 6.26 Å². The Balaban J connectivity index is 1.79. The summed E-state index contributed by atoms with van der Waals surface area (Å²) < 4.78 is 10.7. The summed E-state index contributed by atoms with van der Waals surface area (Å²) >= 11 is 0. The van der Waals surface area contributed by atoms with E-state index in [1.165, 1.54) is 11.1 Å². The fourth-order valence-electron chi connectivity index (χ4n) is 2.62. The zero-order valence-electron chi connectivity index (χ0n) is 14.1. The molecule has 0 saturated heterocycles. The van der Waals surface area contributed by atoms with Crippen molar-refractivity contribution in [3.63, 3.8) is 0 Å². The lowest BCUT2D eigenvalue weighted by atomic mass is 10.1. The number of aliphatic hydroxyl groups excluding tert-OH is 1. The van der Waals surface area contributed by atoms with Crippen LogP contribution >= 0.6 is 0 Å². The Morgan fingerprint density at radius 2 is 2.04 bits per heavy atom. The lowest BCUT2D eigenvalue weighted by molar-refractivity contribution is 0.00384. The molecule has 0 aliphatic heterocycles. The molecule has 0 spiro atoms. The Kier molecular flexibility index (Phi) is 7.33. The first-order chi connectivity index (χ1) is 11.2. The molecular formula is C19H27NO3. The second-order valence-corrected chi connectivity index (χ2v) is 5.91. The van der Waals surface area contributed by atoms with Crippen LogP contribution in [0.5, 0.6) is 0 Å². The summed E-state index contributed by atoms with van der Waals surface area (Å²) in [5.74, 6) is 0.780. The SMILES string of the molecule is CCCN(Cc1ccccc1C)C[C@H](O)COCc1ccco1. The van der Waals surface area contributed by atoms with Gasteiger partial charge in [0.2, 0.25) is 0 Å². The van der Waals surface area contributed by atoms with Crippen molar-refractivity contribution in [2.24, 2.45) is 0 Å². The van der Waals surface area contributed by atoms with Crippen LogP contribution in [0.15, 0.2) is 47.1 Å². The summed E-state index contributed by atoms with van der Waals surface area (Å²) in [7, 11) is 0. The summed E-state index contributed by atoms with van der Waals surface area (Å²) in [6.45, 7) is 7.43. The molecule has 23 heavy (non-hydrogen) atoms. The summed E-state index contributed by atoms with van der Waals surface area (Å²) in [6, 6.07) is 12.1. The molecular weight excluding hydrogens is 290 g/mol. The second kappa shape index (κ2) is 9.50. The number of hydrogen-bond donors (Lipinski definition) is 1. The van der Waals surface area contributed by atoms with Crippen LogP contribution in [-0.2, 0) is 17.9 Å². The minimum absolute atomic E-state index is 0.314. The van der Waals surface area contributed by atoms with Crippen molar-refractivity contribution in [3.05, 3.63) is 59.5 Å². The van der Waals surface area contributed by atoms with E-state index < -0.39 is 6.10 Å². The highest BCUT2D eigenvalue weighted by Gasteiger charge is 2.13. The van der Waals surface area contributed by atoms with E-state index >= 15 is 0 Å². The summed E-state index contributed by atoms with van der Waals surface area (Å²) in [5.41, 5.74) is 2.60. The molecule has 126 valence electrons. The number of furan rings is 1. The van der Waals surface area contributed by atoms with E-state index in [0.29, 0.717) is 19.8 Å². The minimum Gasteiger partial charge on any atom is -0.467 e. The van der Waals surface area contributed by atoms with Gasteiger partial charge in [-0.15, -0.1) is 0 Å². The van der Waals surface area contributed by atoms with Crippen LogP contribution in [0, 0.1) is 6.92 Å². The summed E-state index contributed by atoms with van der Waals surface area (Å²) in [4.78, 5) is 2.28. The predicted octanol–water partition coefficient (Wildman–Crippen LogP) is 3.38. The van der Waals surface area contributed by atoms with E-state index in [0.717, 1.165) is 25.3 Å². The molecule has 0 saturated carbocycles. The van der Waals surface area contributed by atoms with Crippen molar-refractivity contribution in [3.8, 4) is 0 Å². The quantitative estimate of drug-likeness (QED) is 0.730. The number of hydrogen-bond acceptors (Lipinski definition) is 4. The van der Waals surface area contributed by atoms with Crippen LogP contribution in [0.25, 0.3) is 0 Å². The molecule has 0 fully saturated rings. The third kappa shape index (κ3) is 6.18. The van der Waals surface area contributed by atoms with Crippen LogP contribution in [0.1, 0.15) is 30.2 Å². The van der Waals surface area contributed by atoms with E-state index in [4.69, 9.17) is 9.15 Å². The topological polar surface area (TPSA) is 45.8 Å². The fourth-order valence-corrected chi connectivity index (χ4v) is 2.62. The molecule has 1 N–H and O–H groups in total. The Morgan fingerprint density at radius 3 is 2.74 bits per heavy atom. The first kappa shape index (κ1) is 17.7. The van der Waals surface area contributed by atoms with Gasteiger partial charge in [-0.25, -0.2) is 0 Å². The standard InChI is InChI=1S/C19H27NO3/c1-3-10-20(12-17-8-5-4-7-16(17)2)13-18(21)14-22-15-19-9-6-11-23-19/h4-9,11,18,21H,3,10,12-15H2,1-2H3/t18-/m0/s1. The minimum atomic E-state index is -0.500. The molecule has 0 amide bonds. The number of nitrogens with zero attached hydrogens (tertiary/aromatic N) is 1. The first-order valence-corrected chi connectivity index (χ1v) is 8.24. The van der Waals surface area contributed by atoms with Gasteiger partial charge in [0.25, 0.3) is 0 Å². The van der Waals surface area contributed by atoms with Gasteiger partial charge >= 0.3 is 0 Å². The molecule has 0 bridgehead atoms.